The van der Waals surface area contributed by atoms with Gasteiger partial charge >= 0.3 is 0 Å². The van der Waals surface area contributed by atoms with Crippen LogP contribution in [-0.4, -0.2) is 39.5 Å². The molecular formula is C20H16F2N8. The van der Waals surface area contributed by atoms with Gasteiger partial charge in [0.05, 0.1) is 22.4 Å². The first-order chi connectivity index (χ1) is 14.6. The highest BCUT2D eigenvalue weighted by atomic mass is 19.1. The normalized spacial score (nSPS) is 11.4. The van der Waals surface area contributed by atoms with Gasteiger partial charge in [0.15, 0.2) is 0 Å². The van der Waals surface area contributed by atoms with Gasteiger partial charge in [0, 0.05) is 25.2 Å². The van der Waals surface area contributed by atoms with Gasteiger partial charge in [-0.3, -0.25) is 0 Å². The zero-order chi connectivity index (χ0) is 20.7. The fraction of sp³-hybridized carbons (Fsp3) is 0.150. The van der Waals surface area contributed by atoms with E-state index in [4.69, 9.17) is 4.98 Å². The third kappa shape index (κ3) is 3.02. The molecule has 0 unspecified atom stereocenters. The lowest BCUT2D eigenvalue weighted by Gasteiger charge is -2.10. The number of rotatable bonds is 5. The topological polar surface area (TPSA) is 79.2 Å². The minimum absolute atomic E-state index is 0.0649. The summed E-state index contributed by atoms with van der Waals surface area (Å²) in [5.41, 5.74) is 3.32. The zero-order valence-electron chi connectivity index (χ0n) is 15.9. The molecule has 8 nitrogen and oxygen atoms in total. The fourth-order valence-corrected chi connectivity index (χ4v) is 3.57. The van der Waals surface area contributed by atoms with Crippen molar-refractivity contribution in [2.45, 2.75) is 19.9 Å². The summed E-state index contributed by atoms with van der Waals surface area (Å²) in [5, 5.41) is 15.4. The first-order valence-corrected chi connectivity index (χ1v) is 9.35. The Morgan fingerprint density at radius 2 is 1.93 bits per heavy atom. The second-order valence-electron chi connectivity index (χ2n) is 6.71. The van der Waals surface area contributed by atoms with E-state index < -0.39 is 11.6 Å². The standard InChI is InChI=1S/C20H16F2N8/c1-2-28-18-6-4-14(29-12-23-26-27-29)10-17(18)25-20(28)11-15-7-8-24-30(15)19-9-13(21)3-5-16(19)22/h3-10,12H,2,11H2,1H3. The lowest BCUT2D eigenvalue weighted by atomic mass is 10.2. The van der Waals surface area contributed by atoms with E-state index in [2.05, 4.69) is 25.2 Å². The van der Waals surface area contributed by atoms with Gasteiger partial charge in [-0.1, -0.05) is 0 Å². The van der Waals surface area contributed by atoms with Crippen LogP contribution in [0.15, 0.2) is 55.0 Å². The highest BCUT2D eigenvalue weighted by molar-refractivity contribution is 5.78. The largest absolute Gasteiger partial charge is 0.328 e. The maximum absolute atomic E-state index is 14.3. The Hall–Kier alpha value is -3.95. The van der Waals surface area contributed by atoms with Crippen molar-refractivity contribution in [3.05, 3.63) is 78.1 Å². The Morgan fingerprint density at radius 3 is 2.73 bits per heavy atom. The molecule has 0 aliphatic rings. The predicted molar refractivity (Wildman–Crippen MR) is 104 cm³/mol. The van der Waals surface area contributed by atoms with E-state index in [-0.39, 0.29) is 5.69 Å². The summed E-state index contributed by atoms with van der Waals surface area (Å²) in [6.07, 6.45) is 3.48. The van der Waals surface area contributed by atoms with Gasteiger partial charge in [0.2, 0.25) is 0 Å². The summed E-state index contributed by atoms with van der Waals surface area (Å²) in [4.78, 5) is 4.78. The molecule has 0 bridgehead atoms. The predicted octanol–water partition coefficient (Wildman–Crippen LogP) is 3.09. The average molecular weight is 406 g/mol. The van der Waals surface area contributed by atoms with Crippen molar-refractivity contribution < 1.29 is 8.78 Å². The van der Waals surface area contributed by atoms with Crippen molar-refractivity contribution in [2.24, 2.45) is 0 Å². The van der Waals surface area contributed by atoms with Crippen LogP contribution in [0.1, 0.15) is 18.4 Å². The molecular weight excluding hydrogens is 390 g/mol. The van der Waals surface area contributed by atoms with Crippen molar-refractivity contribution in [1.29, 1.82) is 0 Å². The SMILES string of the molecule is CCn1c(Cc2ccnn2-c2cc(F)ccc2F)nc2cc(-n3cnnn3)ccc21. The van der Waals surface area contributed by atoms with Crippen LogP contribution in [0.3, 0.4) is 0 Å². The summed E-state index contributed by atoms with van der Waals surface area (Å²) in [6, 6.07) is 10.9. The number of fused-ring (bicyclic) bond motifs is 1. The van der Waals surface area contributed by atoms with Crippen molar-refractivity contribution in [3.63, 3.8) is 0 Å². The molecule has 0 aliphatic carbocycles. The minimum atomic E-state index is -0.545. The summed E-state index contributed by atoms with van der Waals surface area (Å²) >= 11 is 0. The number of imidazole rings is 1. The van der Waals surface area contributed by atoms with Crippen LogP contribution >= 0.6 is 0 Å². The number of nitrogens with zero attached hydrogens (tertiary/aromatic N) is 8. The Kier molecular flexibility index (Phi) is 4.31. The lowest BCUT2D eigenvalue weighted by Crippen LogP contribution is -2.09. The monoisotopic (exact) mass is 406 g/mol. The molecule has 0 saturated heterocycles. The number of aromatic nitrogens is 8. The van der Waals surface area contributed by atoms with Crippen molar-refractivity contribution in [1.82, 2.24) is 39.5 Å². The Bertz CT molecular complexity index is 1340. The van der Waals surface area contributed by atoms with Gasteiger partial charge in [-0.25, -0.2) is 23.1 Å². The quantitative estimate of drug-likeness (QED) is 0.448. The highest BCUT2D eigenvalue weighted by Gasteiger charge is 2.16. The van der Waals surface area contributed by atoms with Crippen LogP contribution < -0.4 is 0 Å². The Labute approximate surface area is 169 Å². The van der Waals surface area contributed by atoms with E-state index in [1.807, 2.05) is 25.1 Å². The molecule has 5 aromatic rings. The summed E-state index contributed by atoms with van der Waals surface area (Å²) in [7, 11) is 0. The van der Waals surface area contributed by atoms with E-state index in [0.29, 0.717) is 18.7 Å². The molecule has 5 rings (SSSR count). The molecule has 150 valence electrons. The molecule has 30 heavy (non-hydrogen) atoms. The number of tetrazole rings is 1. The van der Waals surface area contributed by atoms with Gasteiger partial charge in [0.25, 0.3) is 0 Å². The smallest absolute Gasteiger partial charge is 0.149 e. The van der Waals surface area contributed by atoms with Crippen LogP contribution in [0.2, 0.25) is 0 Å². The molecule has 3 aromatic heterocycles. The van der Waals surface area contributed by atoms with Gasteiger partial charge < -0.3 is 4.57 Å². The molecule has 0 fully saturated rings. The van der Waals surface area contributed by atoms with Gasteiger partial charge in [-0.05, 0) is 53.7 Å². The molecule has 0 spiro atoms. The summed E-state index contributed by atoms with van der Waals surface area (Å²) < 4.78 is 33.0. The van der Waals surface area contributed by atoms with E-state index in [9.17, 15) is 8.78 Å². The van der Waals surface area contributed by atoms with Crippen molar-refractivity contribution in [2.75, 3.05) is 0 Å². The third-order valence-corrected chi connectivity index (χ3v) is 4.94. The average Bonchev–Trinajstić information content (AvgIpc) is 3.49. The van der Waals surface area contributed by atoms with Crippen molar-refractivity contribution in [3.8, 4) is 11.4 Å². The van der Waals surface area contributed by atoms with Crippen LogP contribution in [0, 0.1) is 11.6 Å². The molecule has 0 N–H and O–H groups in total. The number of hydrogen-bond acceptors (Lipinski definition) is 5. The molecule has 0 atom stereocenters. The second kappa shape index (κ2) is 7.14. The molecule has 2 aromatic carbocycles. The number of halogens is 2. The minimum Gasteiger partial charge on any atom is -0.328 e. The van der Waals surface area contributed by atoms with Gasteiger partial charge in [-0.2, -0.15) is 5.10 Å². The van der Waals surface area contributed by atoms with Crippen LogP contribution in [0.5, 0.6) is 0 Å². The summed E-state index contributed by atoms with van der Waals surface area (Å²) in [6.45, 7) is 2.74. The van der Waals surface area contributed by atoms with E-state index in [0.717, 1.165) is 40.7 Å². The van der Waals surface area contributed by atoms with E-state index in [1.165, 1.54) is 11.0 Å². The van der Waals surface area contributed by atoms with E-state index in [1.54, 1.807) is 16.9 Å². The maximum atomic E-state index is 14.3. The first-order valence-electron chi connectivity index (χ1n) is 9.35. The molecule has 3 heterocycles. The van der Waals surface area contributed by atoms with E-state index >= 15 is 0 Å². The molecule has 0 amide bonds. The first kappa shape index (κ1) is 18.1. The third-order valence-electron chi connectivity index (χ3n) is 4.94. The Balaban J connectivity index is 1.56. The lowest BCUT2D eigenvalue weighted by molar-refractivity contribution is 0.583. The van der Waals surface area contributed by atoms with Crippen LogP contribution in [0.25, 0.3) is 22.4 Å². The highest BCUT2D eigenvalue weighted by Crippen LogP contribution is 2.23. The second-order valence-corrected chi connectivity index (χ2v) is 6.71. The molecule has 0 radical (unpaired) electrons. The van der Waals surface area contributed by atoms with Gasteiger partial charge in [0.1, 0.15) is 29.5 Å². The molecule has 0 aliphatic heterocycles. The Morgan fingerprint density at radius 1 is 1.03 bits per heavy atom. The maximum Gasteiger partial charge on any atom is 0.149 e. The number of benzene rings is 2. The number of aryl methyl sites for hydroxylation is 1. The molecule has 0 saturated carbocycles. The van der Waals surface area contributed by atoms with Crippen molar-refractivity contribution >= 4 is 11.0 Å². The summed E-state index contributed by atoms with van der Waals surface area (Å²) in [5.74, 6) is -0.278. The van der Waals surface area contributed by atoms with Crippen LogP contribution in [0.4, 0.5) is 8.78 Å². The fourth-order valence-electron chi connectivity index (χ4n) is 3.57. The molecule has 10 heteroatoms. The number of hydrogen-bond donors (Lipinski definition) is 0. The van der Waals surface area contributed by atoms with Gasteiger partial charge in [-0.15, -0.1) is 5.10 Å². The zero-order valence-corrected chi connectivity index (χ0v) is 15.9. The van der Waals surface area contributed by atoms with Crippen LogP contribution in [-0.2, 0) is 13.0 Å².